The molecule has 0 fully saturated rings. The van der Waals surface area contributed by atoms with Gasteiger partial charge in [0, 0.05) is 22.9 Å². The lowest BCUT2D eigenvalue weighted by atomic mass is 10.1. The summed E-state index contributed by atoms with van der Waals surface area (Å²) < 4.78 is 12.3. The van der Waals surface area contributed by atoms with Crippen molar-refractivity contribution in [2.45, 2.75) is 13.1 Å². The van der Waals surface area contributed by atoms with Gasteiger partial charge in [-0.2, -0.15) is 0 Å². The Balaban J connectivity index is 1.75. The zero-order valence-corrected chi connectivity index (χ0v) is 17.0. The van der Waals surface area contributed by atoms with Crippen LogP contribution in [-0.2, 0) is 13.1 Å². The van der Waals surface area contributed by atoms with Gasteiger partial charge in [0.15, 0.2) is 0 Å². The predicted molar refractivity (Wildman–Crippen MR) is 121 cm³/mol. The number of furan rings is 1. The van der Waals surface area contributed by atoms with Crippen LogP contribution in [-0.4, -0.2) is 16.7 Å². The third-order valence-corrected chi connectivity index (χ3v) is 5.46. The number of benzene rings is 3. The lowest BCUT2D eigenvalue weighted by molar-refractivity contribution is 0.415. The van der Waals surface area contributed by atoms with Crippen LogP contribution in [0.5, 0.6) is 5.75 Å². The maximum absolute atomic E-state index is 13.6. The van der Waals surface area contributed by atoms with Crippen molar-refractivity contribution in [1.29, 1.82) is 0 Å². The van der Waals surface area contributed by atoms with E-state index in [0.29, 0.717) is 35.6 Å². The second-order valence-electron chi connectivity index (χ2n) is 7.45. The molecule has 6 nitrogen and oxygen atoms in total. The molecular formula is C25H21N3O3. The van der Waals surface area contributed by atoms with E-state index in [9.17, 15) is 4.79 Å². The number of hydrogen-bond acceptors (Lipinski definition) is 5. The van der Waals surface area contributed by atoms with Crippen LogP contribution in [0.25, 0.3) is 33.1 Å². The zero-order chi connectivity index (χ0) is 21.4. The van der Waals surface area contributed by atoms with Crippen molar-refractivity contribution in [3.63, 3.8) is 0 Å². The Labute approximate surface area is 178 Å². The Morgan fingerprint density at radius 1 is 1.00 bits per heavy atom. The first kappa shape index (κ1) is 19.1. The Morgan fingerprint density at radius 2 is 1.84 bits per heavy atom. The van der Waals surface area contributed by atoms with Gasteiger partial charge in [-0.25, -0.2) is 4.98 Å². The smallest absolute Gasteiger partial charge is 0.262 e. The molecule has 5 rings (SSSR count). The SMILES string of the molecule is COc1ccc2nc(-c3ccc4cocc4c3)n(Cc3cccc(CN)c3)c(=O)c2c1. The molecule has 0 amide bonds. The largest absolute Gasteiger partial charge is 0.497 e. The van der Waals surface area contributed by atoms with Gasteiger partial charge in [-0.1, -0.05) is 36.4 Å². The lowest BCUT2D eigenvalue weighted by Crippen LogP contribution is -2.24. The number of nitrogens with zero attached hydrogens (tertiary/aromatic N) is 2. The Hall–Kier alpha value is -3.90. The van der Waals surface area contributed by atoms with Gasteiger partial charge in [-0.15, -0.1) is 0 Å². The summed E-state index contributed by atoms with van der Waals surface area (Å²) in [4.78, 5) is 18.5. The summed E-state index contributed by atoms with van der Waals surface area (Å²) in [6, 6.07) is 19.2. The number of hydrogen-bond donors (Lipinski definition) is 1. The highest BCUT2D eigenvalue weighted by atomic mass is 16.5. The van der Waals surface area contributed by atoms with Crippen molar-refractivity contribution in [2.24, 2.45) is 5.73 Å². The van der Waals surface area contributed by atoms with Crippen LogP contribution in [0.3, 0.4) is 0 Å². The van der Waals surface area contributed by atoms with Gasteiger partial charge in [0.05, 0.1) is 37.1 Å². The number of fused-ring (bicyclic) bond motifs is 2. The van der Waals surface area contributed by atoms with Crippen molar-refractivity contribution < 1.29 is 9.15 Å². The summed E-state index contributed by atoms with van der Waals surface area (Å²) in [6.45, 7) is 0.825. The van der Waals surface area contributed by atoms with Gasteiger partial charge in [-0.05, 0) is 35.4 Å². The van der Waals surface area contributed by atoms with Gasteiger partial charge >= 0.3 is 0 Å². The highest BCUT2D eigenvalue weighted by Gasteiger charge is 2.15. The van der Waals surface area contributed by atoms with Gasteiger partial charge in [0.2, 0.25) is 0 Å². The molecule has 3 aromatic carbocycles. The third kappa shape index (κ3) is 3.47. The van der Waals surface area contributed by atoms with Gasteiger partial charge < -0.3 is 14.9 Å². The topological polar surface area (TPSA) is 83.3 Å². The minimum absolute atomic E-state index is 0.121. The van der Waals surface area contributed by atoms with Gasteiger partial charge in [-0.3, -0.25) is 9.36 Å². The predicted octanol–water partition coefficient (Wildman–Crippen LogP) is 4.33. The number of rotatable bonds is 5. The summed E-state index contributed by atoms with van der Waals surface area (Å²) >= 11 is 0. The number of methoxy groups -OCH3 is 1. The fourth-order valence-electron chi connectivity index (χ4n) is 3.84. The summed E-state index contributed by atoms with van der Waals surface area (Å²) in [7, 11) is 1.58. The average molecular weight is 411 g/mol. The monoisotopic (exact) mass is 411 g/mol. The molecule has 5 aromatic rings. The second kappa shape index (κ2) is 7.74. The molecule has 2 heterocycles. The molecule has 0 aliphatic rings. The summed E-state index contributed by atoms with van der Waals surface area (Å²) in [5.41, 5.74) is 9.16. The summed E-state index contributed by atoms with van der Waals surface area (Å²) in [6.07, 6.45) is 3.39. The van der Waals surface area contributed by atoms with E-state index in [0.717, 1.165) is 27.5 Å². The van der Waals surface area contributed by atoms with E-state index in [1.165, 1.54) is 0 Å². The van der Waals surface area contributed by atoms with Crippen LogP contribution in [0.4, 0.5) is 0 Å². The lowest BCUT2D eigenvalue weighted by Gasteiger charge is -2.15. The van der Waals surface area contributed by atoms with Crippen LogP contribution in [0, 0.1) is 0 Å². The normalized spacial score (nSPS) is 11.3. The molecule has 0 aliphatic heterocycles. The van der Waals surface area contributed by atoms with E-state index < -0.39 is 0 Å². The van der Waals surface area contributed by atoms with Crippen molar-refractivity contribution >= 4 is 21.7 Å². The molecule has 0 aliphatic carbocycles. The number of ether oxygens (including phenoxy) is 1. The maximum atomic E-state index is 13.6. The van der Waals surface area contributed by atoms with Crippen molar-refractivity contribution in [3.8, 4) is 17.1 Å². The van der Waals surface area contributed by atoms with Gasteiger partial charge in [0.1, 0.15) is 11.6 Å². The highest BCUT2D eigenvalue weighted by Crippen LogP contribution is 2.26. The van der Waals surface area contributed by atoms with Crippen LogP contribution >= 0.6 is 0 Å². The minimum Gasteiger partial charge on any atom is -0.497 e. The molecular weight excluding hydrogens is 390 g/mol. The van der Waals surface area contributed by atoms with E-state index in [1.807, 2.05) is 54.6 Å². The third-order valence-electron chi connectivity index (χ3n) is 5.46. The van der Waals surface area contributed by atoms with Crippen molar-refractivity contribution in [1.82, 2.24) is 9.55 Å². The molecule has 0 radical (unpaired) electrons. The van der Waals surface area contributed by atoms with Crippen LogP contribution in [0.2, 0.25) is 0 Å². The molecule has 0 saturated heterocycles. The average Bonchev–Trinajstić information content (AvgIpc) is 3.28. The molecule has 0 atom stereocenters. The Bertz CT molecular complexity index is 1470. The summed E-state index contributed by atoms with van der Waals surface area (Å²) in [5.74, 6) is 1.22. The van der Waals surface area contributed by atoms with Crippen LogP contribution in [0.15, 0.2) is 82.4 Å². The highest BCUT2D eigenvalue weighted by molar-refractivity contribution is 5.87. The van der Waals surface area contributed by atoms with E-state index in [-0.39, 0.29) is 5.56 Å². The van der Waals surface area contributed by atoms with Gasteiger partial charge in [0.25, 0.3) is 5.56 Å². The fraction of sp³-hybridized carbons (Fsp3) is 0.120. The molecule has 2 aromatic heterocycles. The molecule has 0 saturated carbocycles. The van der Waals surface area contributed by atoms with Crippen molar-refractivity contribution in [3.05, 3.63) is 94.7 Å². The van der Waals surface area contributed by atoms with Crippen LogP contribution in [0.1, 0.15) is 11.1 Å². The first-order chi connectivity index (χ1) is 15.2. The van der Waals surface area contributed by atoms with E-state index in [2.05, 4.69) is 0 Å². The Morgan fingerprint density at radius 3 is 2.68 bits per heavy atom. The minimum atomic E-state index is -0.121. The first-order valence-electron chi connectivity index (χ1n) is 9.99. The molecule has 31 heavy (non-hydrogen) atoms. The number of aromatic nitrogens is 2. The second-order valence-corrected chi connectivity index (χ2v) is 7.45. The molecule has 154 valence electrons. The first-order valence-corrected chi connectivity index (χ1v) is 9.99. The number of nitrogens with two attached hydrogens (primary N) is 1. The molecule has 0 bridgehead atoms. The quantitative estimate of drug-likeness (QED) is 0.466. The van der Waals surface area contributed by atoms with E-state index in [4.69, 9.17) is 19.9 Å². The van der Waals surface area contributed by atoms with E-state index >= 15 is 0 Å². The molecule has 0 unspecified atom stereocenters. The Kier molecular flexibility index (Phi) is 4.76. The van der Waals surface area contributed by atoms with E-state index in [1.54, 1.807) is 30.3 Å². The van der Waals surface area contributed by atoms with Crippen molar-refractivity contribution in [2.75, 3.05) is 7.11 Å². The fourth-order valence-corrected chi connectivity index (χ4v) is 3.84. The zero-order valence-electron chi connectivity index (χ0n) is 17.0. The van der Waals surface area contributed by atoms with Crippen LogP contribution < -0.4 is 16.0 Å². The molecule has 6 heteroatoms. The molecule has 0 spiro atoms. The standard InChI is InChI=1S/C25H21N3O3/c1-30-21-7-8-23-22(11-21)25(29)28(13-17-4-2-3-16(9-17)12-26)24(27-23)18-5-6-19-14-31-15-20(19)10-18/h2-11,14-15H,12-13,26H2,1H3. The summed E-state index contributed by atoms with van der Waals surface area (Å²) in [5, 5.41) is 2.47. The maximum Gasteiger partial charge on any atom is 0.262 e. The molecule has 2 N–H and O–H groups in total.